The van der Waals surface area contributed by atoms with Gasteiger partial charge in [-0.2, -0.15) is 0 Å². The van der Waals surface area contributed by atoms with Crippen LogP contribution in [0.4, 0.5) is 5.69 Å². The van der Waals surface area contributed by atoms with Crippen LogP contribution >= 0.6 is 11.6 Å². The van der Waals surface area contributed by atoms with Gasteiger partial charge in [0, 0.05) is 30.8 Å². The lowest BCUT2D eigenvalue weighted by molar-refractivity contribution is -0.116. The average molecular weight is 454 g/mol. The molecule has 0 unspecified atom stereocenters. The van der Waals surface area contributed by atoms with Gasteiger partial charge < -0.3 is 20.1 Å². The number of nitrogens with zero attached hydrogens (tertiary/aromatic N) is 1. The number of amides is 2. The predicted molar refractivity (Wildman–Crippen MR) is 124 cm³/mol. The number of hydrogen-bond donors (Lipinski definition) is 2. The zero-order chi connectivity index (χ0) is 23.1. The number of anilines is 1. The molecule has 0 fully saturated rings. The van der Waals surface area contributed by atoms with E-state index in [2.05, 4.69) is 15.6 Å². The van der Waals surface area contributed by atoms with Crippen molar-refractivity contribution in [3.05, 3.63) is 76.6 Å². The van der Waals surface area contributed by atoms with E-state index in [1.165, 1.54) is 13.3 Å². The molecule has 0 aliphatic heterocycles. The molecule has 0 spiro atoms. The molecule has 0 saturated carbocycles. The van der Waals surface area contributed by atoms with E-state index in [0.29, 0.717) is 40.8 Å². The molecule has 2 aromatic carbocycles. The SMILES string of the molecule is CNC(=O)c1cc(Oc2ccc(CCC(=O)Nc3cc(Cl)ccc3OC)cc2C)ccn1. The van der Waals surface area contributed by atoms with Crippen LogP contribution in [0.25, 0.3) is 0 Å². The van der Waals surface area contributed by atoms with Crippen LogP contribution in [-0.2, 0) is 11.2 Å². The zero-order valence-electron chi connectivity index (χ0n) is 18.1. The molecule has 0 aliphatic rings. The molecule has 0 saturated heterocycles. The first kappa shape index (κ1) is 23.1. The minimum Gasteiger partial charge on any atom is -0.495 e. The fourth-order valence-electron chi connectivity index (χ4n) is 3.08. The molecular weight excluding hydrogens is 430 g/mol. The van der Waals surface area contributed by atoms with Gasteiger partial charge in [0.15, 0.2) is 0 Å². The van der Waals surface area contributed by atoms with E-state index in [0.717, 1.165) is 11.1 Å². The number of carbonyl (C=O) groups excluding carboxylic acids is 2. The molecule has 2 amide bonds. The van der Waals surface area contributed by atoms with Crippen molar-refractivity contribution in [3.63, 3.8) is 0 Å². The molecular formula is C24H24ClN3O4. The summed E-state index contributed by atoms with van der Waals surface area (Å²) >= 11 is 6.01. The Morgan fingerprint density at radius 3 is 2.56 bits per heavy atom. The average Bonchev–Trinajstić information content (AvgIpc) is 2.79. The summed E-state index contributed by atoms with van der Waals surface area (Å²) in [4.78, 5) is 28.2. The number of hydrogen-bond acceptors (Lipinski definition) is 5. The fourth-order valence-corrected chi connectivity index (χ4v) is 3.26. The Morgan fingerprint density at radius 2 is 1.84 bits per heavy atom. The highest BCUT2D eigenvalue weighted by atomic mass is 35.5. The maximum atomic E-state index is 12.4. The molecule has 166 valence electrons. The fraction of sp³-hybridized carbons (Fsp3) is 0.208. The molecule has 0 bridgehead atoms. The predicted octanol–water partition coefficient (Wildman–Crippen LogP) is 4.78. The summed E-state index contributed by atoms with van der Waals surface area (Å²) in [6, 6.07) is 14.1. The highest BCUT2D eigenvalue weighted by Crippen LogP contribution is 2.29. The van der Waals surface area contributed by atoms with Gasteiger partial charge in [0.2, 0.25) is 5.91 Å². The summed E-state index contributed by atoms with van der Waals surface area (Å²) in [6.07, 6.45) is 2.39. The molecule has 0 radical (unpaired) electrons. The van der Waals surface area contributed by atoms with Crippen molar-refractivity contribution in [2.75, 3.05) is 19.5 Å². The number of halogens is 1. The van der Waals surface area contributed by atoms with Gasteiger partial charge in [0.05, 0.1) is 12.8 Å². The van der Waals surface area contributed by atoms with Gasteiger partial charge in [-0.25, -0.2) is 0 Å². The van der Waals surface area contributed by atoms with Crippen LogP contribution in [-0.4, -0.2) is 31.0 Å². The molecule has 2 N–H and O–H groups in total. The van der Waals surface area contributed by atoms with Crippen LogP contribution in [0, 0.1) is 6.92 Å². The van der Waals surface area contributed by atoms with Crippen molar-refractivity contribution < 1.29 is 19.1 Å². The topological polar surface area (TPSA) is 89.5 Å². The molecule has 1 heterocycles. The van der Waals surface area contributed by atoms with Crippen LogP contribution in [0.5, 0.6) is 17.2 Å². The Balaban J connectivity index is 1.61. The molecule has 1 aromatic heterocycles. The highest BCUT2D eigenvalue weighted by Gasteiger charge is 2.11. The lowest BCUT2D eigenvalue weighted by Gasteiger charge is -2.12. The largest absolute Gasteiger partial charge is 0.495 e. The van der Waals surface area contributed by atoms with Gasteiger partial charge in [0.1, 0.15) is 22.9 Å². The first-order valence-corrected chi connectivity index (χ1v) is 10.4. The van der Waals surface area contributed by atoms with Gasteiger partial charge in [-0.3, -0.25) is 14.6 Å². The Morgan fingerprint density at radius 1 is 1.06 bits per heavy atom. The highest BCUT2D eigenvalue weighted by molar-refractivity contribution is 6.31. The van der Waals surface area contributed by atoms with E-state index < -0.39 is 0 Å². The Hall–Kier alpha value is -3.58. The summed E-state index contributed by atoms with van der Waals surface area (Å²) in [5.74, 6) is 1.31. The number of aryl methyl sites for hydroxylation is 2. The number of benzene rings is 2. The first-order valence-electron chi connectivity index (χ1n) is 9.98. The lowest BCUT2D eigenvalue weighted by atomic mass is 10.1. The maximum absolute atomic E-state index is 12.4. The Kier molecular flexibility index (Phi) is 7.68. The van der Waals surface area contributed by atoms with E-state index in [9.17, 15) is 9.59 Å². The van der Waals surface area contributed by atoms with E-state index in [4.69, 9.17) is 21.1 Å². The molecule has 3 aromatic rings. The van der Waals surface area contributed by atoms with Crippen molar-refractivity contribution >= 4 is 29.1 Å². The van der Waals surface area contributed by atoms with E-state index >= 15 is 0 Å². The lowest BCUT2D eigenvalue weighted by Crippen LogP contribution is -2.18. The van der Waals surface area contributed by atoms with E-state index in [1.54, 1.807) is 37.4 Å². The first-order chi connectivity index (χ1) is 15.4. The van der Waals surface area contributed by atoms with Crippen molar-refractivity contribution in [3.8, 4) is 17.2 Å². The second kappa shape index (κ2) is 10.6. The molecule has 0 atom stereocenters. The van der Waals surface area contributed by atoms with Crippen molar-refractivity contribution in [2.24, 2.45) is 0 Å². The quantitative estimate of drug-likeness (QED) is 0.512. The Bertz CT molecular complexity index is 1130. The molecule has 3 rings (SSSR count). The van der Waals surface area contributed by atoms with Crippen molar-refractivity contribution in [1.82, 2.24) is 10.3 Å². The number of aromatic nitrogens is 1. The van der Waals surface area contributed by atoms with E-state index in [-0.39, 0.29) is 17.5 Å². The van der Waals surface area contributed by atoms with Gasteiger partial charge in [-0.15, -0.1) is 0 Å². The summed E-state index contributed by atoms with van der Waals surface area (Å²) < 4.78 is 11.2. The molecule has 0 aliphatic carbocycles. The molecule has 7 nitrogen and oxygen atoms in total. The van der Waals surface area contributed by atoms with E-state index in [1.807, 2.05) is 25.1 Å². The van der Waals surface area contributed by atoms with Crippen LogP contribution in [0.1, 0.15) is 28.0 Å². The van der Waals surface area contributed by atoms with Gasteiger partial charge in [-0.05, 0) is 54.8 Å². The van der Waals surface area contributed by atoms with Gasteiger partial charge in [-0.1, -0.05) is 23.7 Å². The molecule has 8 heteroatoms. The second-order valence-corrected chi connectivity index (χ2v) is 7.49. The number of carbonyl (C=O) groups is 2. The third-order valence-corrected chi connectivity index (χ3v) is 4.97. The van der Waals surface area contributed by atoms with Crippen molar-refractivity contribution in [2.45, 2.75) is 19.8 Å². The van der Waals surface area contributed by atoms with Crippen LogP contribution < -0.4 is 20.1 Å². The smallest absolute Gasteiger partial charge is 0.269 e. The van der Waals surface area contributed by atoms with Crippen LogP contribution in [0.3, 0.4) is 0 Å². The third kappa shape index (κ3) is 5.98. The summed E-state index contributed by atoms with van der Waals surface area (Å²) in [5, 5.41) is 5.89. The minimum atomic E-state index is -0.281. The van der Waals surface area contributed by atoms with Gasteiger partial charge >= 0.3 is 0 Å². The van der Waals surface area contributed by atoms with Crippen molar-refractivity contribution in [1.29, 1.82) is 0 Å². The third-order valence-electron chi connectivity index (χ3n) is 4.73. The normalized spacial score (nSPS) is 10.4. The second-order valence-electron chi connectivity index (χ2n) is 7.05. The summed E-state index contributed by atoms with van der Waals surface area (Å²) in [5.41, 5.74) is 2.74. The zero-order valence-corrected chi connectivity index (χ0v) is 18.8. The monoisotopic (exact) mass is 453 g/mol. The standard InChI is InChI=1S/C24H24ClN3O4/c1-15-12-16(5-9-23(29)28-19-13-17(25)6-8-22(19)31-3)4-7-21(15)32-18-10-11-27-20(14-18)24(30)26-2/h4,6-8,10-14H,5,9H2,1-3H3,(H,26,30)(H,28,29). The van der Waals surface area contributed by atoms with Crippen LogP contribution in [0.2, 0.25) is 5.02 Å². The minimum absolute atomic E-state index is 0.137. The maximum Gasteiger partial charge on any atom is 0.269 e. The molecule has 32 heavy (non-hydrogen) atoms. The van der Waals surface area contributed by atoms with Gasteiger partial charge in [0.25, 0.3) is 5.91 Å². The number of methoxy groups -OCH3 is 1. The summed E-state index contributed by atoms with van der Waals surface area (Å²) in [7, 11) is 3.09. The number of nitrogens with one attached hydrogen (secondary N) is 2. The summed E-state index contributed by atoms with van der Waals surface area (Å²) in [6.45, 7) is 1.93. The van der Waals surface area contributed by atoms with Crippen LogP contribution in [0.15, 0.2) is 54.7 Å². The Labute approximate surface area is 191 Å². The number of pyridine rings is 1. The number of rotatable bonds is 8. The number of ether oxygens (including phenoxy) is 2.